The lowest BCUT2D eigenvalue weighted by Crippen LogP contribution is -2.14. The fraction of sp³-hybridized carbons (Fsp3) is 0.357. The van der Waals surface area contributed by atoms with Crippen molar-refractivity contribution in [2.75, 3.05) is 29.5 Å². The summed E-state index contributed by atoms with van der Waals surface area (Å²) in [4.78, 5) is 12.0. The van der Waals surface area contributed by atoms with E-state index in [1.807, 2.05) is 38.1 Å². The van der Waals surface area contributed by atoms with Crippen molar-refractivity contribution in [3.05, 3.63) is 24.3 Å². The second-order valence-corrected chi connectivity index (χ2v) is 6.37. The number of ether oxygens (including phenoxy) is 1. The van der Waals surface area contributed by atoms with Gasteiger partial charge in [0.15, 0.2) is 4.34 Å². The molecule has 1 aromatic carbocycles. The number of thioether (sulfide) groups is 1. The lowest BCUT2D eigenvalue weighted by molar-refractivity contribution is -0.113. The van der Waals surface area contributed by atoms with Gasteiger partial charge in [0.05, 0.1) is 18.0 Å². The minimum Gasteiger partial charge on any atom is -0.492 e. The third kappa shape index (κ3) is 4.88. The SMILES string of the molecule is CCNc1nnc(SCC(=O)Nc2ccccc2OCC)s1. The summed E-state index contributed by atoms with van der Waals surface area (Å²) in [6, 6.07) is 7.39. The van der Waals surface area contributed by atoms with Crippen LogP contribution in [0.15, 0.2) is 28.6 Å². The molecule has 0 spiro atoms. The van der Waals surface area contributed by atoms with Gasteiger partial charge in [0, 0.05) is 6.54 Å². The van der Waals surface area contributed by atoms with Crippen LogP contribution in [-0.2, 0) is 4.79 Å². The fourth-order valence-corrected chi connectivity index (χ4v) is 3.28. The first-order valence-electron chi connectivity index (χ1n) is 6.94. The number of carbonyl (C=O) groups excluding carboxylic acids is 1. The van der Waals surface area contributed by atoms with Gasteiger partial charge in [-0.15, -0.1) is 10.2 Å². The van der Waals surface area contributed by atoms with Crippen LogP contribution in [0, 0.1) is 0 Å². The van der Waals surface area contributed by atoms with Gasteiger partial charge in [-0.25, -0.2) is 0 Å². The molecule has 8 heteroatoms. The number of para-hydroxylation sites is 2. The van der Waals surface area contributed by atoms with E-state index in [1.54, 1.807) is 0 Å². The van der Waals surface area contributed by atoms with Gasteiger partial charge in [0.1, 0.15) is 5.75 Å². The summed E-state index contributed by atoms with van der Waals surface area (Å²) in [5.74, 6) is 0.854. The van der Waals surface area contributed by atoms with E-state index in [2.05, 4.69) is 20.8 Å². The van der Waals surface area contributed by atoms with Crippen LogP contribution in [0.2, 0.25) is 0 Å². The zero-order valence-electron chi connectivity index (χ0n) is 12.5. The summed E-state index contributed by atoms with van der Waals surface area (Å²) in [6.45, 7) is 5.26. The molecular formula is C14H18N4O2S2. The molecule has 0 saturated carbocycles. The molecule has 1 aromatic heterocycles. The number of rotatable bonds is 8. The molecule has 0 aliphatic carbocycles. The van der Waals surface area contributed by atoms with Crippen LogP contribution in [0.1, 0.15) is 13.8 Å². The molecule has 6 nitrogen and oxygen atoms in total. The van der Waals surface area contributed by atoms with Crippen molar-refractivity contribution in [3.63, 3.8) is 0 Å². The van der Waals surface area contributed by atoms with Gasteiger partial charge in [-0.05, 0) is 26.0 Å². The van der Waals surface area contributed by atoms with Crippen molar-refractivity contribution in [3.8, 4) is 5.75 Å². The summed E-state index contributed by atoms with van der Waals surface area (Å²) in [6.07, 6.45) is 0. The maximum absolute atomic E-state index is 12.0. The molecule has 22 heavy (non-hydrogen) atoms. The van der Waals surface area contributed by atoms with E-state index >= 15 is 0 Å². The van der Waals surface area contributed by atoms with E-state index in [1.165, 1.54) is 23.1 Å². The van der Waals surface area contributed by atoms with Crippen LogP contribution in [0.5, 0.6) is 5.75 Å². The standard InChI is InChI=1S/C14H18N4O2S2/c1-3-15-13-17-18-14(22-13)21-9-12(19)16-10-7-5-6-8-11(10)20-4-2/h5-8H,3-4,9H2,1-2H3,(H,15,17)(H,16,19). The molecular weight excluding hydrogens is 320 g/mol. The average molecular weight is 338 g/mol. The lowest BCUT2D eigenvalue weighted by atomic mass is 10.3. The number of anilines is 2. The summed E-state index contributed by atoms with van der Waals surface area (Å²) in [7, 11) is 0. The zero-order chi connectivity index (χ0) is 15.8. The molecule has 0 aliphatic rings. The van der Waals surface area contributed by atoms with Crippen LogP contribution in [0.3, 0.4) is 0 Å². The molecule has 2 aromatic rings. The molecule has 0 aliphatic heterocycles. The Bertz CT molecular complexity index is 618. The van der Waals surface area contributed by atoms with Crippen molar-refractivity contribution in [1.29, 1.82) is 0 Å². The Morgan fingerprint density at radius 1 is 1.32 bits per heavy atom. The zero-order valence-corrected chi connectivity index (χ0v) is 14.1. The van der Waals surface area contributed by atoms with Gasteiger partial charge >= 0.3 is 0 Å². The van der Waals surface area contributed by atoms with E-state index < -0.39 is 0 Å². The molecule has 2 N–H and O–H groups in total. The number of aromatic nitrogens is 2. The Balaban J connectivity index is 1.87. The third-order valence-electron chi connectivity index (χ3n) is 2.52. The van der Waals surface area contributed by atoms with Crippen molar-refractivity contribution < 1.29 is 9.53 Å². The Labute approximate surface area is 137 Å². The molecule has 0 unspecified atom stereocenters. The Hall–Kier alpha value is -1.80. The minimum atomic E-state index is -0.0997. The number of hydrogen-bond acceptors (Lipinski definition) is 7. The lowest BCUT2D eigenvalue weighted by Gasteiger charge is -2.10. The summed E-state index contributed by atoms with van der Waals surface area (Å²) < 4.78 is 6.25. The van der Waals surface area contributed by atoms with Crippen molar-refractivity contribution >= 4 is 39.8 Å². The van der Waals surface area contributed by atoms with E-state index in [-0.39, 0.29) is 11.7 Å². The number of carbonyl (C=O) groups is 1. The third-order valence-corrected chi connectivity index (χ3v) is 4.54. The van der Waals surface area contributed by atoms with Gasteiger partial charge < -0.3 is 15.4 Å². The number of hydrogen-bond donors (Lipinski definition) is 2. The van der Waals surface area contributed by atoms with Gasteiger partial charge in [-0.1, -0.05) is 35.2 Å². The second kappa shape index (κ2) is 8.60. The van der Waals surface area contributed by atoms with Crippen LogP contribution in [0.25, 0.3) is 0 Å². The first kappa shape index (κ1) is 16.6. The largest absolute Gasteiger partial charge is 0.492 e. The highest BCUT2D eigenvalue weighted by Gasteiger charge is 2.10. The number of amides is 1. The predicted octanol–water partition coefficient (Wildman–Crippen LogP) is 3.10. The van der Waals surface area contributed by atoms with Crippen LogP contribution >= 0.6 is 23.1 Å². The van der Waals surface area contributed by atoms with Gasteiger partial charge in [-0.3, -0.25) is 4.79 Å². The highest BCUT2D eigenvalue weighted by molar-refractivity contribution is 8.01. The normalized spacial score (nSPS) is 10.3. The first-order chi connectivity index (χ1) is 10.7. The summed E-state index contributed by atoms with van der Waals surface area (Å²) in [5, 5.41) is 14.7. The number of benzene rings is 1. The predicted molar refractivity (Wildman–Crippen MR) is 91.0 cm³/mol. The second-order valence-electron chi connectivity index (χ2n) is 4.17. The Morgan fingerprint density at radius 2 is 2.14 bits per heavy atom. The molecule has 118 valence electrons. The summed E-state index contributed by atoms with van der Waals surface area (Å²) in [5.41, 5.74) is 0.681. The molecule has 0 fully saturated rings. The number of nitrogens with zero attached hydrogens (tertiary/aromatic N) is 2. The van der Waals surface area contributed by atoms with Gasteiger partial charge in [-0.2, -0.15) is 0 Å². The Morgan fingerprint density at radius 3 is 2.91 bits per heavy atom. The fourth-order valence-electron chi connectivity index (χ4n) is 1.66. The van der Waals surface area contributed by atoms with Crippen molar-refractivity contribution in [1.82, 2.24) is 10.2 Å². The molecule has 1 amide bonds. The molecule has 0 saturated heterocycles. The maximum atomic E-state index is 12.0. The van der Waals surface area contributed by atoms with E-state index in [4.69, 9.17) is 4.74 Å². The maximum Gasteiger partial charge on any atom is 0.234 e. The first-order valence-corrected chi connectivity index (χ1v) is 8.75. The van der Waals surface area contributed by atoms with Crippen molar-refractivity contribution in [2.45, 2.75) is 18.2 Å². The highest BCUT2D eigenvalue weighted by atomic mass is 32.2. The topological polar surface area (TPSA) is 76.1 Å². The van der Waals surface area contributed by atoms with E-state index in [0.29, 0.717) is 18.0 Å². The smallest absolute Gasteiger partial charge is 0.234 e. The molecule has 0 bridgehead atoms. The average Bonchev–Trinajstić information content (AvgIpc) is 2.96. The monoisotopic (exact) mass is 338 g/mol. The molecule has 1 heterocycles. The van der Waals surface area contributed by atoms with Crippen LogP contribution in [-0.4, -0.2) is 35.0 Å². The highest BCUT2D eigenvalue weighted by Crippen LogP contribution is 2.27. The van der Waals surface area contributed by atoms with E-state index in [9.17, 15) is 4.79 Å². The number of nitrogens with one attached hydrogen (secondary N) is 2. The Kier molecular flexibility index (Phi) is 6.47. The van der Waals surface area contributed by atoms with Crippen molar-refractivity contribution in [2.24, 2.45) is 0 Å². The molecule has 0 radical (unpaired) electrons. The minimum absolute atomic E-state index is 0.0997. The van der Waals surface area contributed by atoms with Crippen LogP contribution in [0.4, 0.5) is 10.8 Å². The summed E-state index contributed by atoms with van der Waals surface area (Å²) >= 11 is 2.81. The quantitative estimate of drug-likeness (QED) is 0.720. The molecule has 0 atom stereocenters. The van der Waals surface area contributed by atoms with E-state index in [0.717, 1.165) is 16.0 Å². The van der Waals surface area contributed by atoms with Crippen LogP contribution < -0.4 is 15.4 Å². The molecule has 2 rings (SSSR count). The van der Waals surface area contributed by atoms with Gasteiger partial charge in [0.25, 0.3) is 0 Å². The van der Waals surface area contributed by atoms with Gasteiger partial charge in [0.2, 0.25) is 11.0 Å².